The quantitative estimate of drug-likeness (QED) is 0.548. The third-order valence-electron chi connectivity index (χ3n) is 1.95. The number of rotatable bonds is 2. The van der Waals surface area contributed by atoms with Gasteiger partial charge < -0.3 is 0 Å². The number of hydrogen-bond donors (Lipinski definition) is 0. The minimum Gasteiger partial charge on any atom is 2.00 e. The van der Waals surface area contributed by atoms with Crippen LogP contribution in [0, 0.1) is 0 Å². The molecule has 0 atom stereocenters. The fraction of sp³-hybridized carbons (Fsp3) is 0.500. The van der Waals surface area contributed by atoms with E-state index < -0.39 is 0 Å². The van der Waals surface area contributed by atoms with Crippen molar-refractivity contribution in [1.82, 2.24) is 0 Å². The molecule has 0 heterocycles. The van der Waals surface area contributed by atoms with Crippen LogP contribution in [0.5, 0.6) is 5.75 Å². The van der Waals surface area contributed by atoms with Gasteiger partial charge in [-0.05, 0) is 0 Å². The number of benzene rings is 1. The van der Waals surface area contributed by atoms with Gasteiger partial charge in [-0.25, -0.2) is 0 Å². The molecule has 0 amide bonds. The van der Waals surface area contributed by atoms with Crippen molar-refractivity contribution in [2.45, 2.75) is 39.5 Å². The van der Waals surface area contributed by atoms with Crippen LogP contribution in [0.15, 0.2) is 17.0 Å². The van der Waals surface area contributed by atoms with Gasteiger partial charge in [0.05, 0.1) is 0 Å². The molecule has 0 aromatic heterocycles. The third-order valence-corrected chi connectivity index (χ3v) is 3.53. The summed E-state index contributed by atoms with van der Waals surface area (Å²) in [6, 6.07) is 3.99. The van der Waals surface area contributed by atoms with E-state index in [1.807, 2.05) is 12.1 Å². The van der Waals surface area contributed by atoms with Crippen LogP contribution >= 0.6 is 0 Å². The monoisotopic (exact) mass is 412 g/mol. The van der Waals surface area contributed by atoms with Gasteiger partial charge in [-0.15, -0.1) is 0 Å². The zero-order valence-electron chi connectivity index (χ0n) is 8.46. The summed E-state index contributed by atoms with van der Waals surface area (Å²) in [6.45, 7) is 4.27. The number of hydrogen-bond acceptors (Lipinski definition) is 2. The Kier molecular flexibility index (Phi) is 13.0. The first-order valence-corrected chi connectivity index (χ1v) is 5.39. The Labute approximate surface area is 131 Å². The van der Waals surface area contributed by atoms with Gasteiger partial charge in [0.15, 0.2) is 0 Å². The van der Waals surface area contributed by atoms with Crippen molar-refractivity contribution in [2.24, 2.45) is 0 Å². The molecular weight excluding hydrogens is 390 g/mol. The summed E-state index contributed by atoms with van der Waals surface area (Å²) < 4.78 is 6.11. The average molecular weight is 410 g/mol. The van der Waals surface area contributed by atoms with Crippen LogP contribution in [0.2, 0.25) is 0 Å². The van der Waals surface area contributed by atoms with E-state index in [4.69, 9.17) is 17.4 Å². The molecule has 0 bridgehead atoms. The largest absolute Gasteiger partial charge is 2.00 e. The molecule has 0 N–H and O–H groups in total. The summed E-state index contributed by atoms with van der Waals surface area (Å²) in [4.78, 5) is 0.884. The molecule has 0 saturated carbocycles. The summed E-state index contributed by atoms with van der Waals surface area (Å²) in [7, 11) is 1.65. The van der Waals surface area contributed by atoms with E-state index in [0.717, 1.165) is 15.1 Å². The predicted molar refractivity (Wildman–Crippen MR) is 77.3 cm³/mol. The molecule has 0 saturated heterocycles. The topological polar surface area (TPSA) is 9.23 Å². The normalized spacial score (nSPS) is 8.50. The zero-order valence-corrected chi connectivity index (χ0v) is 13.8. The van der Waals surface area contributed by atoms with Crippen LogP contribution in [0.3, 0.4) is 0 Å². The Bertz CT molecular complexity index is 316. The van der Waals surface area contributed by atoms with Crippen molar-refractivity contribution >= 4 is 57.0 Å². The van der Waals surface area contributed by atoms with Crippen molar-refractivity contribution < 1.29 is 4.74 Å². The molecule has 90 valence electrons. The molecule has 1 nitrogen and oxygen atoms in total. The molecule has 0 aliphatic carbocycles. The predicted octanol–water partition coefficient (Wildman–Crippen LogP) is 2.41. The van der Waals surface area contributed by atoms with Crippen molar-refractivity contribution in [3.8, 4) is 5.75 Å². The first kappa shape index (κ1) is 21.8. The average Bonchev–Trinajstić information content (AvgIpc) is 2.09. The van der Waals surface area contributed by atoms with Gasteiger partial charge in [-0.2, -0.15) is 0 Å². The molecule has 0 fully saturated rings. The molecule has 1 aromatic carbocycles. The van der Waals surface area contributed by atoms with Crippen LogP contribution < -0.4 is 9.20 Å². The molecule has 1 aromatic rings. The smallest absolute Gasteiger partial charge is 2.00 e. The Morgan fingerprint density at radius 1 is 1.25 bits per heavy atom. The molecule has 2 radical (unpaired) electrons. The Morgan fingerprint density at radius 2 is 1.75 bits per heavy atom. The van der Waals surface area contributed by atoms with Crippen LogP contribution in [0.25, 0.3) is 0 Å². The van der Waals surface area contributed by atoms with Gasteiger partial charge in [0.1, 0.15) is 0 Å². The maximum absolute atomic E-state index is 5.31. The second-order valence-electron chi connectivity index (χ2n) is 3.17. The van der Waals surface area contributed by atoms with Crippen molar-refractivity contribution in [3.05, 3.63) is 17.7 Å². The van der Waals surface area contributed by atoms with Gasteiger partial charge in [-0.1, -0.05) is 14.9 Å². The summed E-state index contributed by atoms with van der Waals surface area (Å²) in [6.07, 6.45) is 0. The fourth-order valence-electron chi connectivity index (χ4n) is 1.18. The van der Waals surface area contributed by atoms with Gasteiger partial charge in [0, 0.05) is 0 Å². The Hall–Kier alpha value is 0.558. The van der Waals surface area contributed by atoms with Gasteiger partial charge in [-0.3, -0.25) is 0 Å². The molecule has 0 unspecified atom stereocenters. The SMILES string of the molecule is C.C.COc1ccc(C(C)C)c([S-])c1[Se-].[Sn+2]. The molecule has 4 heteroatoms. The first-order chi connectivity index (χ1) is 6.07. The number of ether oxygens (including phenoxy) is 1. The van der Waals surface area contributed by atoms with Crippen LogP contribution in [0.4, 0.5) is 0 Å². The maximum atomic E-state index is 5.31. The van der Waals surface area contributed by atoms with Crippen molar-refractivity contribution in [3.63, 3.8) is 0 Å². The maximum Gasteiger partial charge on any atom is 2.00 e. The minimum atomic E-state index is 0. The van der Waals surface area contributed by atoms with E-state index in [-0.39, 0.29) is 38.8 Å². The van der Waals surface area contributed by atoms with Gasteiger partial charge in [0.2, 0.25) is 0 Å². The molecular formula is C12H20OSSeSn. The van der Waals surface area contributed by atoms with E-state index in [0.29, 0.717) is 5.92 Å². The molecule has 0 aliphatic heterocycles. The van der Waals surface area contributed by atoms with Crippen LogP contribution in [-0.4, -0.2) is 47.0 Å². The second-order valence-corrected chi connectivity index (χ2v) is 4.43. The molecule has 0 aliphatic rings. The fourth-order valence-corrected chi connectivity index (χ4v) is 2.14. The van der Waals surface area contributed by atoms with E-state index in [9.17, 15) is 0 Å². The zero-order chi connectivity index (χ0) is 10.0. The van der Waals surface area contributed by atoms with E-state index in [1.165, 1.54) is 5.56 Å². The van der Waals surface area contributed by atoms with E-state index in [1.54, 1.807) is 7.11 Å². The Morgan fingerprint density at radius 3 is 2.12 bits per heavy atom. The molecule has 0 spiro atoms. The van der Waals surface area contributed by atoms with E-state index in [2.05, 4.69) is 29.9 Å². The van der Waals surface area contributed by atoms with E-state index >= 15 is 0 Å². The number of methoxy groups -OCH3 is 1. The Balaban J connectivity index is -0.000000563. The summed E-state index contributed by atoms with van der Waals surface area (Å²) in [5.41, 5.74) is 1.20. The van der Waals surface area contributed by atoms with Crippen LogP contribution in [0.1, 0.15) is 40.2 Å². The van der Waals surface area contributed by atoms with Gasteiger partial charge in [0.25, 0.3) is 0 Å². The summed E-state index contributed by atoms with van der Waals surface area (Å²) >= 11 is 8.27. The standard InChI is InChI=1S/C10H14OSSe.2CH4.Sn/c1-6(2)7-4-5-8(11-3)10(13)9(7)12;;;/h4-6,12-13H,1-3H3;2*1H4;/q;;;+2/p-2. The summed E-state index contributed by atoms with van der Waals surface area (Å²) in [5.74, 6) is 1.29. The second kappa shape index (κ2) is 9.57. The van der Waals surface area contributed by atoms with Crippen molar-refractivity contribution in [1.29, 1.82) is 0 Å². The first-order valence-electron chi connectivity index (χ1n) is 4.12. The molecule has 16 heavy (non-hydrogen) atoms. The van der Waals surface area contributed by atoms with Crippen molar-refractivity contribution in [2.75, 3.05) is 7.11 Å². The molecule has 1 rings (SSSR count). The third kappa shape index (κ3) is 4.82. The summed E-state index contributed by atoms with van der Waals surface area (Å²) in [5, 5.41) is 0. The minimum absolute atomic E-state index is 0. The van der Waals surface area contributed by atoms with Gasteiger partial charge >= 0.3 is 117 Å². The van der Waals surface area contributed by atoms with Crippen LogP contribution in [-0.2, 0) is 12.6 Å².